The van der Waals surface area contributed by atoms with E-state index in [0.29, 0.717) is 30.7 Å². The summed E-state index contributed by atoms with van der Waals surface area (Å²) >= 11 is 5.88. The molecule has 0 aliphatic carbocycles. The number of fused-ring (bicyclic) bond motifs is 3. The van der Waals surface area contributed by atoms with E-state index in [4.69, 9.17) is 11.6 Å². The van der Waals surface area contributed by atoms with Crippen LogP contribution in [0, 0.1) is 0 Å². The SMILES string of the molecule is O=C1NCCNC[C@H]1Nc1nc2cccnc2c2nc(-c3ccc(Cl)cc3OC(F)(F)F)nn12. The topological polar surface area (TPSA) is 118 Å². The number of carbonyl (C=O) groups is 1. The highest BCUT2D eigenvalue weighted by molar-refractivity contribution is 6.30. The van der Waals surface area contributed by atoms with E-state index in [2.05, 4.69) is 40.7 Å². The maximum Gasteiger partial charge on any atom is 0.573 e. The number of carbonyl (C=O) groups excluding carboxylic acids is 1. The minimum Gasteiger partial charge on any atom is -0.405 e. The fraction of sp³-hybridized carbons (Fsp3) is 0.250. The molecular formula is C20H16ClF3N8O2. The molecule has 0 radical (unpaired) electrons. The second-order valence-electron chi connectivity index (χ2n) is 7.36. The standard InChI is InChI=1S/C20H16ClF3N8O2/c21-10-3-4-11(14(8-10)34-20(22,23)24)16-30-17-15-12(2-1-5-26-15)28-19(32(17)31-16)29-13-9-25-6-7-27-18(13)33/h1-5,8,13,25H,6-7,9H2,(H,27,33)(H,28,29)/t13-/m1/s1. The number of alkyl halides is 3. The lowest BCUT2D eigenvalue weighted by Gasteiger charge is -2.16. The Morgan fingerprint density at radius 1 is 1.21 bits per heavy atom. The van der Waals surface area contributed by atoms with Crippen molar-refractivity contribution in [3.8, 4) is 17.1 Å². The van der Waals surface area contributed by atoms with E-state index in [-0.39, 0.29) is 33.9 Å². The van der Waals surface area contributed by atoms with Gasteiger partial charge in [-0.25, -0.2) is 9.97 Å². The van der Waals surface area contributed by atoms with Crippen LogP contribution in [0.25, 0.3) is 28.1 Å². The molecule has 3 aromatic heterocycles. The van der Waals surface area contributed by atoms with Crippen molar-refractivity contribution in [2.75, 3.05) is 25.0 Å². The Balaban J connectivity index is 1.66. The van der Waals surface area contributed by atoms with Gasteiger partial charge in [-0.3, -0.25) is 9.78 Å². The van der Waals surface area contributed by atoms with Gasteiger partial charge < -0.3 is 20.7 Å². The summed E-state index contributed by atoms with van der Waals surface area (Å²) in [5, 5.41) is 13.4. The van der Waals surface area contributed by atoms with Crippen molar-refractivity contribution in [1.29, 1.82) is 0 Å². The van der Waals surface area contributed by atoms with Gasteiger partial charge in [-0.2, -0.15) is 4.52 Å². The molecule has 0 unspecified atom stereocenters. The Labute approximate surface area is 194 Å². The molecule has 34 heavy (non-hydrogen) atoms. The minimum absolute atomic E-state index is 0.0330. The number of aromatic nitrogens is 5. The summed E-state index contributed by atoms with van der Waals surface area (Å²) in [7, 11) is 0. The predicted octanol–water partition coefficient (Wildman–Crippen LogP) is 2.39. The first kappa shape index (κ1) is 22.1. The van der Waals surface area contributed by atoms with Gasteiger partial charge in [-0.05, 0) is 30.3 Å². The van der Waals surface area contributed by atoms with E-state index in [1.54, 1.807) is 12.1 Å². The maximum absolute atomic E-state index is 13.0. The van der Waals surface area contributed by atoms with Crippen LogP contribution >= 0.6 is 11.6 Å². The van der Waals surface area contributed by atoms with E-state index < -0.39 is 18.2 Å². The number of pyridine rings is 1. The van der Waals surface area contributed by atoms with Crippen molar-refractivity contribution in [1.82, 2.24) is 35.2 Å². The number of hydrogen-bond donors (Lipinski definition) is 3. The molecular weight excluding hydrogens is 477 g/mol. The average molecular weight is 493 g/mol. The van der Waals surface area contributed by atoms with E-state index in [1.807, 2.05) is 0 Å². The van der Waals surface area contributed by atoms with Gasteiger partial charge >= 0.3 is 6.36 Å². The zero-order valence-electron chi connectivity index (χ0n) is 17.2. The Kier molecular flexibility index (Phi) is 5.57. The zero-order chi connectivity index (χ0) is 23.9. The largest absolute Gasteiger partial charge is 0.573 e. The first-order valence-corrected chi connectivity index (χ1v) is 10.5. The monoisotopic (exact) mass is 492 g/mol. The van der Waals surface area contributed by atoms with Gasteiger partial charge in [0.25, 0.3) is 0 Å². The maximum atomic E-state index is 13.0. The predicted molar refractivity (Wildman–Crippen MR) is 117 cm³/mol. The molecule has 4 heterocycles. The number of nitrogens with one attached hydrogen (secondary N) is 3. The minimum atomic E-state index is -4.94. The molecule has 1 atom stereocenters. The molecule has 0 bridgehead atoms. The van der Waals surface area contributed by atoms with Crippen molar-refractivity contribution in [2.24, 2.45) is 0 Å². The van der Waals surface area contributed by atoms with Crippen LogP contribution < -0.4 is 20.7 Å². The number of halogens is 4. The van der Waals surface area contributed by atoms with E-state index in [1.165, 1.54) is 22.8 Å². The summed E-state index contributed by atoms with van der Waals surface area (Å²) in [6.45, 7) is 1.43. The lowest BCUT2D eigenvalue weighted by atomic mass is 10.2. The quantitative estimate of drug-likeness (QED) is 0.397. The summed E-state index contributed by atoms with van der Waals surface area (Å²) in [5.74, 6) is -0.680. The normalized spacial score (nSPS) is 16.9. The van der Waals surface area contributed by atoms with Crippen LogP contribution in [0.4, 0.5) is 19.1 Å². The molecule has 0 saturated carbocycles. The van der Waals surface area contributed by atoms with Gasteiger partial charge in [0, 0.05) is 30.9 Å². The van der Waals surface area contributed by atoms with Crippen LogP contribution in [0.5, 0.6) is 5.75 Å². The van der Waals surface area contributed by atoms with Gasteiger partial charge in [-0.1, -0.05) is 11.6 Å². The third kappa shape index (κ3) is 4.39. The molecule has 3 N–H and O–H groups in total. The van der Waals surface area contributed by atoms with Crippen LogP contribution in [0.3, 0.4) is 0 Å². The smallest absolute Gasteiger partial charge is 0.405 e. The molecule has 1 amide bonds. The molecule has 10 nitrogen and oxygen atoms in total. The number of anilines is 1. The van der Waals surface area contributed by atoms with Crippen molar-refractivity contribution >= 4 is 40.1 Å². The Hall–Kier alpha value is -3.71. The third-order valence-corrected chi connectivity index (χ3v) is 5.25. The lowest BCUT2D eigenvalue weighted by Crippen LogP contribution is -2.42. The van der Waals surface area contributed by atoms with Gasteiger partial charge in [0.2, 0.25) is 11.9 Å². The third-order valence-electron chi connectivity index (χ3n) is 5.01. The van der Waals surface area contributed by atoms with Crippen LogP contribution in [-0.2, 0) is 4.79 Å². The number of ether oxygens (including phenoxy) is 1. The summed E-state index contributed by atoms with van der Waals surface area (Å²) < 4.78 is 44.4. The Bertz CT molecular complexity index is 1390. The lowest BCUT2D eigenvalue weighted by molar-refractivity contribution is -0.274. The van der Waals surface area contributed by atoms with Crippen LogP contribution in [-0.4, -0.2) is 62.5 Å². The molecule has 1 fully saturated rings. The van der Waals surface area contributed by atoms with E-state index in [9.17, 15) is 18.0 Å². The average Bonchev–Trinajstić information content (AvgIpc) is 3.12. The van der Waals surface area contributed by atoms with Crippen molar-refractivity contribution in [3.05, 3.63) is 41.6 Å². The first-order chi connectivity index (χ1) is 16.3. The molecule has 5 rings (SSSR count). The number of nitrogens with zero attached hydrogens (tertiary/aromatic N) is 5. The van der Waals surface area contributed by atoms with E-state index >= 15 is 0 Å². The number of benzene rings is 1. The van der Waals surface area contributed by atoms with Gasteiger partial charge in [0.15, 0.2) is 11.5 Å². The van der Waals surface area contributed by atoms with Crippen molar-refractivity contribution in [2.45, 2.75) is 12.4 Å². The summed E-state index contributed by atoms with van der Waals surface area (Å²) in [5.41, 5.74) is 1.04. The van der Waals surface area contributed by atoms with Gasteiger partial charge in [0.05, 0.1) is 11.1 Å². The highest BCUT2D eigenvalue weighted by Gasteiger charge is 2.33. The van der Waals surface area contributed by atoms with Crippen LogP contribution in [0.15, 0.2) is 36.5 Å². The zero-order valence-corrected chi connectivity index (χ0v) is 18.0. The highest BCUT2D eigenvalue weighted by atomic mass is 35.5. The van der Waals surface area contributed by atoms with Crippen LogP contribution in [0.2, 0.25) is 5.02 Å². The van der Waals surface area contributed by atoms with Crippen molar-refractivity contribution in [3.63, 3.8) is 0 Å². The Morgan fingerprint density at radius 2 is 2.06 bits per heavy atom. The van der Waals surface area contributed by atoms with E-state index in [0.717, 1.165) is 6.07 Å². The molecule has 1 saturated heterocycles. The molecule has 14 heteroatoms. The first-order valence-electron chi connectivity index (χ1n) is 10.1. The number of hydrogen-bond acceptors (Lipinski definition) is 8. The number of rotatable bonds is 4. The summed E-state index contributed by atoms with van der Waals surface area (Å²) in [4.78, 5) is 25.7. The molecule has 176 valence electrons. The highest BCUT2D eigenvalue weighted by Crippen LogP contribution is 2.35. The van der Waals surface area contributed by atoms with Crippen molar-refractivity contribution < 1.29 is 22.7 Å². The van der Waals surface area contributed by atoms with Gasteiger partial charge in [-0.15, -0.1) is 18.3 Å². The second-order valence-corrected chi connectivity index (χ2v) is 7.79. The Morgan fingerprint density at radius 3 is 2.88 bits per heavy atom. The second kappa shape index (κ2) is 8.57. The molecule has 0 spiro atoms. The number of amides is 1. The molecule has 1 aliphatic heterocycles. The molecule has 1 aliphatic rings. The molecule has 4 aromatic rings. The fourth-order valence-electron chi connectivity index (χ4n) is 3.54. The summed E-state index contributed by atoms with van der Waals surface area (Å²) in [6, 6.07) is 6.48. The summed E-state index contributed by atoms with van der Waals surface area (Å²) in [6.07, 6.45) is -3.41. The fourth-order valence-corrected chi connectivity index (χ4v) is 3.70. The van der Waals surface area contributed by atoms with Crippen LogP contribution in [0.1, 0.15) is 0 Å². The van der Waals surface area contributed by atoms with Gasteiger partial charge in [0.1, 0.15) is 17.3 Å². The molecule has 1 aromatic carbocycles.